The maximum absolute atomic E-state index is 6.01. The van der Waals surface area contributed by atoms with Crippen LogP contribution in [0.2, 0.25) is 0 Å². The third kappa shape index (κ3) is 3.11. The molecule has 0 amide bonds. The molecule has 0 saturated heterocycles. The second-order valence-corrected chi connectivity index (χ2v) is 11.0. The summed E-state index contributed by atoms with van der Waals surface area (Å²) >= 11 is 0. The fraction of sp³-hybridized carbons (Fsp3) is 0.0256. The van der Waals surface area contributed by atoms with Crippen molar-refractivity contribution in [2.45, 2.75) is 5.41 Å². The highest BCUT2D eigenvalue weighted by Crippen LogP contribution is 2.62. The van der Waals surface area contributed by atoms with Crippen LogP contribution < -0.4 is 0 Å². The van der Waals surface area contributed by atoms with Gasteiger partial charge in [-0.2, -0.15) is 0 Å². The largest absolute Gasteiger partial charge is 0.416 e. The van der Waals surface area contributed by atoms with E-state index in [-0.39, 0.29) is 5.41 Å². The zero-order chi connectivity index (χ0) is 27.7. The molecule has 6 aromatic carbocycles. The number of nitrogens with zero attached hydrogens (tertiary/aromatic N) is 2. The smallest absolute Gasteiger partial charge is 0.248 e. The molecule has 2 aliphatic rings. The predicted octanol–water partition coefficient (Wildman–Crippen LogP) is 9.41. The van der Waals surface area contributed by atoms with E-state index in [2.05, 4.69) is 125 Å². The molecule has 1 aromatic heterocycles. The fourth-order valence-electron chi connectivity index (χ4n) is 7.12. The standard InChI is InChI=1S/C39H24N2O/c1-2-10-26(11-3-1)37-40-41-38(42-37)27-20-18-25(19-21-27)28-22-23-32-31-14-6-9-17-35(31)39(36(32)24-28)33-15-7-4-12-29(33)30-13-5-8-16-34(30)39/h1-24H. The second-order valence-electron chi connectivity index (χ2n) is 11.0. The minimum atomic E-state index is -0.341. The summed E-state index contributed by atoms with van der Waals surface area (Å²) in [5.41, 5.74) is 14.5. The van der Waals surface area contributed by atoms with Gasteiger partial charge in [0.2, 0.25) is 11.8 Å². The maximum Gasteiger partial charge on any atom is 0.248 e. The molecule has 0 N–H and O–H groups in total. The molecule has 2 aliphatic carbocycles. The van der Waals surface area contributed by atoms with Crippen LogP contribution in [0.5, 0.6) is 0 Å². The highest BCUT2D eigenvalue weighted by molar-refractivity contribution is 5.95. The molecule has 1 heterocycles. The van der Waals surface area contributed by atoms with Gasteiger partial charge in [-0.05, 0) is 86.0 Å². The molecule has 0 radical (unpaired) electrons. The van der Waals surface area contributed by atoms with E-state index >= 15 is 0 Å². The molecule has 0 unspecified atom stereocenters. The molecule has 1 spiro atoms. The summed E-state index contributed by atoms with van der Waals surface area (Å²) in [6.45, 7) is 0. The first-order valence-electron chi connectivity index (χ1n) is 14.3. The molecule has 3 nitrogen and oxygen atoms in total. The molecular weight excluding hydrogens is 512 g/mol. The van der Waals surface area contributed by atoms with Crippen molar-refractivity contribution >= 4 is 0 Å². The van der Waals surface area contributed by atoms with Crippen molar-refractivity contribution in [3.8, 4) is 56.3 Å². The molecule has 0 fully saturated rings. The van der Waals surface area contributed by atoms with Crippen LogP contribution in [0, 0.1) is 0 Å². The van der Waals surface area contributed by atoms with Gasteiger partial charge in [-0.25, -0.2) is 0 Å². The summed E-state index contributed by atoms with van der Waals surface area (Å²) in [6, 6.07) is 52.0. The first kappa shape index (κ1) is 23.2. The number of aromatic nitrogens is 2. The summed E-state index contributed by atoms with van der Waals surface area (Å²) in [5, 5.41) is 8.57. The molecule has 9 rings (SSSR count). The van der Waals surface area contributed by atoms with Gasteiger partial charge in [0, 0.05) is 11.1 Å². The second kappa shape index (κ2) is 8.73. The van der Waals surface area contributed by atoms with Gasteiger partial charge in [-0.15, -0.1) is 10.2 Å². The number of hydrogen-bond donors (Lipinski definition) is 0. The van der Waals surface area contributed by atoms with Gasteiger partial charge >= 0.3 is 0 Å². The van der Waals surface area contributed by atoms with Gasteiger partial charge in [-0.3, -0.25) is 0 Å². The Morgan fingerprint density at radius 1 is 0.357 bits per heavy atom. The zero-order valence-electron chi connectivity index (χ0n) is 22.7. The van der Waals surface area contributed by atoms with Gasteiger partial charge in [0.15, 0.2) is 0 Å². The number of fused-ring (bicyclic) bond motifs is 10. The van der Waals surface area contributed by atoms with Crippen molar-refractivity contribution in [3.63, 3.8) is 0 Å². The first-order valence-corrected chi connectivity index (χ1v) is 14.3. The normalized spacial score (nSPS) is 13.4. The molecule has 196 valence electrons. The SMILES string of the molecule is c1ccc(-c2nnc(-c3ccc(-c4ccc5c(c4)C4(c6ccccc6-c6ccccc64)c4ccccc4-5)cc3)o2)cc1. The van der Waals surface area contributed by atoms with E-state index in [1.807, 2.05) is 30.3 Å². The Labute approximate surface area is 243 Å². The Hall–Kier alpha value is -5.54. The lowest BCUT2D eigenvalue weighted by atomic mass is 9.70. The van der Waals surface area contributed by atoms with Gasteiger partial charge in [0.05, 0.1) is 5.41 Å². The Morgan fingerprint density at radius 3 is 1.36 bits per heavy atom. The van der Waals surface area contributed by atoms with Gasteiger partial charge in [0.25, 0.3) is 0 Å². The lowest BCUT2D eigenvalue weighted by Gasteiger charge is -2.30. The Bertz CT molecular complexity index is 2080. The van der Waals surface area contributed by atoms with Crippen molar-refractivity contribution in [1.82, 2.24) is 10.2 Å². The monoisotopic (exact) mass is 536 g/mol. The lowest BCUT2D eigenvalue weighted by molar-refractivity contribution is 0.584. The van der Waals surface area contributed by atoms with Crippen LogP contribution in [0.4, 0.5) is 0 Å². The Morgan fingerprint density at radius 2 is 0.786 bits per heavy atom. The molecule has 42 heavy (non-hydrogen) atoms. The molecule has 7 aromatic rings. The molecule has 0 bridgehead atoms. The van der Waals surface area contributed by atoms with Gasteiger partial charge < -0.3 is 4.42 Å². The summed E-state index contributed by atoms with van der Waals surface area (Å²) in [4.78, 5) is 0. The molecule has 0 atom stereocenters. The van der Waals surface area contributed by atoms with Gasteiger partial charge in [0.1, 0.15) is 0 Å². The van der Waals surface area contributed by atoms with E-state index in [0.29, 0.717) is 11.8 Å². The third-order valence-corrected chi connectivity index (χ3v) is 8.91. The van der Waals surface area contributed by atoms with E-state index in [1.54, 1.807) is 0 Å². The van der Waals surface area contributed by atoms with Crippen molar-refractivity contribution in [2.24, 2.45) is 0 Å². The van der Waals surface area contributed by atoms with E-state index in [0.717, 1.165) is 16.7 Å². The van der Waals surface area contributed by atoms with Gasteiger partial charge in [-0.1, -0.05) is 115 Å². The first-order chi connectivity index (χ1) is 20.8. The summed E-state index contributed by atoms with van der Waals surface area (Å²) in [6.07, 6.45) is 0. The van der Waals surface area contributed by atoms with E-state index in [1.165, 1.54) is 50.1 Å². The fourth-order valence-corrected chi connectivity index (χ4v) is 7.12. The van der Waals surface area contributed by atoms with Crippen LogP contribution >= 0.6 is 0 Å². The van der Waals surface area contributed by atoms with Crippen LogP contribution in [-0.4, -0.2) is 10.2 Å². The maximum atomic E-state index is 6.01. The van der Waals surface area contributed by atoms with E-state index < -0.39 is 0 Å². The Kier molecular flexibility index (Phi) is 4.82. The van der Waals surface area contributed by atoms with Crippen LogP contribution in [0.1, 0.15) is 22.3 Å². The molecular formula is C39H24N2O. The summed E-state index contributed by atoms with van der Waals surface area (Å²) < 4.78 is 6.01. The number of hydrogen-bond acceptors (Lipinski definition) is 3. The molecule has 0 saturated carbocycles. The van der Waals surface area contributed by atoms with Crippen molar-refractivity contribution in [1.29, 1.82) is 0 Å². The topological polar surface area (TPSA) is 38.9 Å². The van der Waals surface area contributed by atoms with Crippen molar-refractivity contribution < 1.29 is 4.42 Å². The quantitative estimate of drug-likeness (QED) is 0.226. The lowest BCUT2D eigenvalue weighted by Crippen LogP contribution is -2.25. The summed E-state index contributed by atoms with van der Waals surface area (Å²) in [5.74, 6) is 1.04. The van der Waals surface area contributed by atoms with Crippen molar-refractivity contribution in [2.75, 3.05) is 0 Å². The van der Waals surface area contributed by atoms with Crippen LogP contribution in [-0.2, 0) is 5.41 Å². The Balaban J connectivity index is 1.18. The number of rotatable bonds is 3. The number of benzene rings is 6. The predicted molar refractivity (Wildman–Crippen MR) is 167 cm³/mol. The molecule has 0 aliphatic heterocycles. The highest BCUT2D eigenvalue weighted by Gasteiger charge is 2.51. The third-order valence-electron chi connectivity index (χ3n) is 8.91. The minimum absolute atomic E-state index is 0.341. The minimum Gasteiger partial charge on any atom is -0.416 e. The van der Waals surface area contributed by atoms with E-state index in [4.69, 9.17) is 4.42 Å². The van der Waals surface area contributed by atoms with Crippen LogP contribution in [0.25, 0.3) is 56.3 Å². The van der Waals surface area contributed by atoms with Crippen LogP contribution in [0.15, 0.2) is 150 Å². The summed E-state index contributed by atoms with van der Waals surface area (Å²) in [7, 11) is 0. The van der Waals surface area contributed by atoms with Crippen molar-refractivity contribution in [3.05, 3.63) is 168 Å². The zero-order valence-corrected chi connectivity index (χ0v) is 22.7. The highest BCUT2D eigenvalue weighted by atomic mass is 16.4. The molecule has 3 heteroatoms. The van der Waals surface area contributed by atoms with Crippen LogP contribution in [0.3, 0.4) is 0 Å². The average Bonchev–Trinajstić information content (AvgIpc) is 3.75. The average molecular weight is 537 g/mol. The van der Waals surface area contributed by atoms with E-state index in [9.17, 15) is 0 Å².